The number of carbonyl (C=O) groups excluding carboxylic acids is 2. The Hall–Kier alpha value is -2.83. The van der Waals surface area contributed by atoms with Crippen molar-refractivity contribution in [3.05, 3.63) is 48.6 Å². The van der Waals surface area contributed by atoms with Gasteiger partial charge in [0.1, 0.15) is 24.9 Å². The average Bonchev–Trinajstić information content (AvgIpc) is 3.18. The van der Waals surface area contributed by atoms with E-state index in [-0.39, 0.29) is 19.4 Å². The molecule has 0 saturated carbocycles. The molecule has 0 radical (unpaired) electrons. The summed E-state index contributed by atoms with van der Waals surface area (Å²) in [5, 5.41) is 39.8. The lowest BCUT2D eigenvalue weighted by Gasteiger charge is -2.38. The molecular formula is C45H76O11. The van der Waals surface area contributed by atoms with E-state index in [1.165, 1.54) is 38.5 Å². The number of hydrogen-bond acceptors (Lipinski definition) is 10. The zero-order chi connectivity index (χ0) is 41.1. The summed E-state index contributed by atoms with van der Waals surface area (Å²) < 4.78 is 21.7. The fourth-order valence-corrected chi connectivity index (χ4v) is 6.16. The van der Waals surface area contributed by atoms with E-state index in [0.29, 0.717) is 12.8 Å². The van der Waals surface area contributed by atoms with Crippen LogP contribution in [-0.2, 0) is 33.3 Å². The number of carboxylic acid groups (broad SMARTS) is 1. The third-order valence-electron chi connectivity index (χ3n) is 9.65. The normalized spacial score (nSPS) is 20.8. The average molecular weight is 793 g/mol. The largest absolute Gasteiger partial charge is 0.479 e. The first-order valence-electron chi connectivity index (χ1n) is 21.7. The van der Waals surface area contributed by atoms with Gasteiger partial charge >= 0.3 is 17.9 Å². The second-order valence-corrected chi connectivity index (χ2v) is 14.8. The van der Waals surface area contributed by atoms with E-state index in [0.717, 1.165) is 89.9 Å². The molecule has 322 valence electrons. The maximum absolute atomic E-state index is 12.7. The van der Waals surface area contributed by atoms with Gasteiger partial charge in [-0.1, -0.05) is 133 Å². The zero-order valence-electron chi connectivity index (χ0n) is 34.6. The van der Waals surface area contributed by atoms with E-state index in [1.54, 1.807) is 0 Å². The molecule has 56 heavy (non-hydrogen) atoms. The molecule has 1 rings (SSSR count). The number of aliphatic hydroxyl groups is 3. The number of aliphatic carboxylic acids is 1. The molecule has 0 spiro atoms. The number of ether oxygens (including phenoxy) is 4. The highest BCUT2D eigenvalue weighted by atomic mass is 16.7. The van der Waals surface area contributed by atoms with Crippen LogP contribution in [0, 0.1) is 0 Å². The Labute approximate surface area is 337 Å². The van der Waals surface area contributed by atoms with Gasteiger partial charge in [-0.05, 0) is 70.6 Å². The predicted molar refractivity (Wildman–Crippen MR) is 220 cm³/mol. The Bertz CT molecular complexity index is 1120. The summed E-state index contributed by atoms with van der Waals surface area (Å²) in [7, 11) is 0. The molecule has 6 atom stereocenters. The third-order valence-corrected chi connectivity index (χ3v) is 9.65. The quantitative estimate of drug-likeness (QED) is 0.0275. The van der Waals surface area contributed by atoms with Gasteiger partial charge in [0.05, 0.1) is 6.61 Å². The van der Waals surface area contributed by atoms with Crippen LogP contribution in [0.4, 0.5) is 0 Å². The van der Waals surface area contributed by atoms with Crippen LogP contribution in [-0.4, -0.2) is 88.4 Å². The van der Waals surface area contributed by atoms with E-state index >= 15 is 0 Å². The van der Waals surface area contributed by atoms with Gasteiger partial charge in [0.2, 0.25) is 0 Å². The van der Waals surface area contributed by atoms with Crippen LogP contribution in [0.2, 0.25) is 0 Å². The Morgan fingerprint density at radius 1 is 0.554 bits per heavy atom. The second kappa shape index (κ2) is 35.3. The summed E-state index contributed by atoms with van der Waals surface area (Å²) >= 11 is 0. The van der Waals surface area contributed by atoms with Gasteiger partial charge in [-0.25, -0.2) is 4.79 Å². The highest BCUT2D eigenvalue weighted by molar-refractivity contribution is 5.73. The van der Waals surface area contributed by atoms with Crippen LogP contribution in [0.5, 0.6) is 0 Å². The van der Waals surface area contributed by atoms with Gasteiger partial charge in [-0.3, -0.25) is 9.59 Å². The van der Waals surface area contributed by atoms with Crippen LogP contribution < -0.4 is 0 Å². The van der Waals surface area contributed by atoms with Crippen LogP contribution in [0.25, 0.3) is 0 Å². The number of aliphatic hydroxyl groups excluding tert-OH is 3. The van der Waals surface area contributed by atoms with Crippen LogP contribution in [0.1, 0.15) is 168 Å². The van der Waals surface area contributed by atoms with E-state index in [4.69, 9.17) is 18.9 Å². The minimum absolute atomic E-state index is 0.162. The van der Waals surface area contributed by atoms with Gasteiger partial charge in [-0.2, -0.15) is 0 Å². The SMILES string of the molecule is CCCC/C=C\C/C=C\CCCCCCCC(=O)OC(COC(=O)CCCCCCC/C=C\C/C=C\CCCCCC)COC1OC(C(=O)O)C(O)C(O)C1O. The lowest BCUT2D eigenvalue weighted by molar-refractivity contribution is -0.298. The molecular weight excluding hydrogens is 716 g/mol. The Morgan fingerprint density at radius 2 is 1.02 bits per heavy atom. The molecule has 1 heterocycles. The van der Waals surface area contributed by atoms with E-state index in [2.05, 4.69) is 62.5 Å². The highest BCUT2D eigenvalue weighted by Crippen LogP contribution is 2.23. The van der Waals surface area contributed by atoms with Crippen molar-refractivity contribution in [3.63, 3.8) is 0 Å². The van der Waals surface area contributed by atoms with Crippen molar-refractivity contribution < 1.29 is 53.8 Å². The fourth-order valence-electron chi connectivity index (χ4n) is 6.16. The molecule has 1 fully saturated rings. The highest BCUT2D eigenvalue weighted by Gasteiger charge is 2.47. The summed E-state index contributed by atoms with van der Waals surface area (Å²) in [4.78, 5) is 36.8. The van der Waals surface area contributed by atoms with Crippen LogP contribution >= 0.6 is 0 Å². The van der Waals surface area contributed by atoms with Crippen LogP contribution in [0.3, 0.4) is 0 Å². The first-order chi connectivity index (χ1) is 27.2. The lowest BCUT2D eigenvalue weighted by Crippen LogP contribution is -2.60. The maximum atomic E-state index is 12.7. The van der Waals surface area contributed by atoms with Crippen molar-refractivity contribution >= 4 is 17.9 Å². The number of allylic oxidation sites excluding steroid dienone is 8. The number of unbranched alkanes of at least 4 members (excludes halogenated alkanes) is 16. The number of carbonyl (C=O) groups is 3. The molecule has 0 bridgehead atoms. The van der Waals surface area contributed by atoms with E-state index in [1.807, 2.05) is 0 Å². The minimum atomic E-state index is -1.87. The molecule has 11 heteroatoms. The van der Waals surface area contributed by atoms with Crippen molar-refractivity contribution in [1.82, 2.24) is 0 Å². The predicted octanol–water partition coefficient (Wildman–Crippen LogP) is 8.98. The molecule has 0 aliphatic carbocycles. The zero-order valence-corrected chi connectivity index (χ0v) is 34.6. The Kier molecular flexibility index (Phi) is 32.3. The van der Waals surface area contributed by atoms with Crippen molar-refractivity contribution in [2.24, 2.45) is 0 Å². The minimum Gasteiger partial charge on any atom is -0.479 e. The van der Waals surface area contributed by atoms with E-state index in [9.17, 15) is 34.8 Å². The first kappa shape index (κ1) is 51.2. The topological polar surface area (TPSA) is 169 Å². The summed E-state index contributed by atoms with van der Waals surface area (Å²) in [6.07, 6.45) is 31.6. The number of carboxylic acids is 1. The molecule has 0 aromatic rings. The Balaban J connectivity index is 2.41. The van der Waals surface area contributed by atoms with Crippen molar-refractivity contribution in [2.45, 2.75) is 205 Å². The lowest BCUT2D eigenvalue weighted by atomic mass is 9.99. The maximum Gasteiger partial charge on any atom is 0.335 e. The molecule has 0 amide bonds. The summed E-state index contributed by atoms with van der Waals surface area (Å²) in [6.45, 7) is 3.72. The molecule has 0 aromatic heterocycles. The van der Waals surface area contributed by atoms with Crippen molar-refractivity contribution in [1.29, 1.82) is 0 Å². The molecule has 1 saturated heterocycles. The number of hydrogen-bond donors (Lipinski definition) is 4. The fraction of sp³-hybridized carbons (Fsp3) is 0.756. The summed E-state index contributed by atoms with van der Waals surface area (Å²) in [5.74, 6) is -2.48. The summed E-state index contributed by atoms with van der Waals surface area (Å²) in [6, 6.07) is 0. The second-order valence-electron chi connectivity index (χ2n) is 14.8. The monoisotopic (exact) mass is 793 g/mol. The molecule has 6 unspecified atom stereocenters. The van der Waals surface area contributed by atoms with Gasteiger partial charge in [-0.15, -0.1) is 0 Å². The van der Waals surface area contributed by atoms with Gasteiger partial charge in [0.15, 0.2) is 18.5 Å². The first-order valence-corrected chi connectivity index (χ1v) is 21.7. The molecule has 1 aliphatic rings. The molecule has 1 aliphatic heterocycles. The Morgan fingerprint density at radius 3 is 1.54 bits per heavy atom. The molecule has 11 nitrogen and oxygen atoms in total. The smallest absolute Gasteiger partial charge is 0.335 e. The van der Waals surface area contributed by atoms with Crippen molar-refractivity contribution in [3.8, 4) is 0 Å². The van der Waals surface area contributed by atoms with Crippen LogP contribution in [0.15, 0.2) is 48.6 Å². The van der Waals surface area contributed by atoms with Crippen molar-refractivity contribution in [2.75, 3.05) is 13.2 Å². The number of esters is 2. The standard InChI is InChI=1S/C45H76O11/c1-3-5-7-9-11-13-15-17-19-20-22-23-25-27-29-31-33-38(46)53-35-37(36-54-45-42(50)40(48)41(49)43(56-45)44(51)52)55-39(47)34-32-30-28-26-24-21-18-16-14-12-10-8-6-4-2/h10,12-13,15-16,18-20,37,40-43,45,48-50H,3-9,11,14,17,21-36H2,1-2H3,(H,51,52)/b12-10-,15-13-,18-16-,20-19-. The van der Waals surface area contributed by atoms with Gasteiger partial charge in [0, 0.05) is 12.8 Å². The van der Waals surface area contributed by atoms with E-state index < -0.39 is 61.3 Å². The summed E-state index contributed by atoms with van der Waals surface area (Å²) in [5.41, 5.74) is 0. The third kappa shape index (κ3) is 26.9. The molecule has 0 aromatic carbocycles. The van der Waals surface area contributed by atoms with Gasteiger partial charge < -0.3 is 39.4 Å². The number of rotatable bonds is 35. The van der Waals surface area contributed by atoms with Gasteiger partial charge in [0.25, 0.3) is 0 Å². The molecule has 4 N–H and O–H groups in total.